The van der Waals surface area contributed by atoms with Gasteiger partial charge in [-0.3, -0.25) is 0 Å². The van der Waals surface area contributed by atoms with Gasteiger partial charge in [0.1, 0.15) is 0 Å². The molecule has 0 saturated heterocycles. The van der Waals surface area contributed by atoms with Gasteiger partial charge in [-0.1, -0.05) is 0 Å². The fourth-order valence-electron chi connectivity index (χ4n) is 0. The zero-order chi connectivity index (χ0) is 17.9. The Kier molecular flexibility index (Phi) is 74.8. The molecule has 0 rings (SSSR count). The number of hydrogen-bond donors (Lipinski definition) is 13. The van der Waals surface area contributed by atoms with E-state index in [-0.39, 0.29) is 33.0 Å². The minimum atomic E-state index is -2.67. The monoisotopic (exact) mass is 366 g/mol. The average molecular weight is 365 g/mol. The van der Waals surface area contributed by atoms with Crippen molar-refractivity contribution in [1.82, 2.24) is 0 Å². The molecule has 0 fully saturated rings. The molecular weight excluding hydrogens is 349 g/mol. The molecule has 0 spiro atoms. The molecule has 0 aromatic heterocycles. The van der Waals surface area contributed by atoms with Crippen molar-refractivity contribution in [2.45, 2.75) is 0 Å². The molecule has 22 heavy (non-hydrogen) atoms. The molecule has 1 atom stereocenters. The van der Waals surface area contributed by atoms with E-state index in [1.54, 1.807) is 0 Å². The normalized spacial score (nSPS) is 6.14. The fraction of sp³-hybridized carbons (Fsp3) is 0. The molecule has 0 aromatic rings. The molecule has 22 heteroatoms. The van der Waals surface area contributed by atoms with Crippen LogP contribution in [0.1, 0.15) is 0 Å². The maximum atomic E-state index is 8.53. The van der Waals surface area contributed by atoms with Gasteiger partial charge in [0.15, 0.2) is 0 Å². The van der Waals surface area contributed by atoms with Gasteiger partial charge >= 0.3 is 52.3 Å². The molecule has 0 radical (unpaired) electrons. The minimum absolute atomic E-state index is 0. The molecule has 0 aliphatic rings. The Balaban J connectivity index is -0.0000000250. The Bertz CT molecular complexity index is 86.5. The zero-order valence-corrected chi connectivity index (χ0v) is 13.8. The van der Waals surface area contributed by atoms with Crippen molar-refractivity contribution in [1.29, 1.82) is 0 Å². The Morgan fingerprint density at radius 3 is 0.409 bits per heavy atom. The largest absolute Gasteiger partial charge is 2.00 e. The molecule has 1 unspecified atom stereocenters. The van der Waals surface area contributed by atoms with Gasteiger partial charge < -0.3 is 75.4 Å². The summed E-state index contributed by atoms with van der Waals surface area (Å²) in [6.45, 7) is 0. The third-order valence-corrected chi connectivity index (χ3v) is 0. The van der Waals surface area contributed by atoms with Gasteiger partial charge in [-0.2, -0.15) is 9.90 Å². The Labute approximate surface area is 145 Å². The Morgan fingerprint density at radius 1 is 0.409 bits per heavy atom. The molecule has 0 aliphatic carbocycles. The van der Waals surface area contributed by atoms with E-state index in [4.69, 9.17) is 75.4 Å². The van der Waals surface area contributed by atoms with Crippen molar-refractivity contribution >= 4 is 69.6 Å². The third kappa shape index (κ3) is 9790. The van der Waals surface area contributed by atoms with E-state index in [1.165, 1.54) is 0 Å². The molecular formula is H16B5MgO15P. The quantitative estimate of drug-likeness (QED) is 0.140. The van der Waals surface area contributed by atoms with Crippen LogP contribution in [0.4, 0.5) is 0 Å². The topological polar surface area (TPSA) is 309 Å². The summed E-state index contributed by atoms with van der Waals surface area (Å²) in [4.78, 5) is 0. The van der Waals surface area contributed by atoms with E-state index in [1.807, 2.05) is 0 Å². The summed E-state index contributed by atoms with van der Waals surface area (Å²) in [5, 5.41) is 110. The van der Waals surface area contributed by atoms with Crippen LogP contribution in [0.15, 0.2) is 0 Å². The molecule has 15 nitrogen and oxygen atoms in total. The molecule has 0 amide bonds. The van der Waals surface area contributed by atoms with Crippen LogP contribution in [0.2, 0.25) is 0 Å². The standard InChI is InChI=1S/4BH3O3.BHO3.Mg.H3P/c5*2-1(3)4;;/h4*2-4H;2H;;1H3/q;;;;-2;+2;. The van der Waals surface area contributed by atoms with Crippen LogP contribution in [-0.2, 0) is 0 Å². The van der Waals surface area contributed by atoms with Crippen molar-refractivity contribution < 1.29 is 75.4 Å². The van der Waals surface area contributed by atoms with E-state index in [9.17, 15) is 0 Å². The van der Waals surface area contributed by atoms with Crippen LogP contribution in [0.5, 0.6) is 0 Å². The first-order valence-corrected chi connectivity index (χ1v) is 3.83. The molecule has 128 valence electrons. The first-order chi connectivity index (χ1) is 8.66. The Morgan fingerprint density at radius 2 is 0.409 bits per heavy atom. The van der Waals surface area contributed by atoms with E-state index in [0.717, 1.165) is 0 Å². The average Bonchev–Trinajstić information content (AvgIpc) is 1.94. The summed E-state index contributed by atoms with van der Waals surface area (Å²) in [6.07, 6.45) is 0. The second kappa shape index (κ2) is 37.9. The Hall–Kier alpha value is 0.921. The molecule has 13 N–H and O–H groups in total. The zero-order valence-electron chi connectivity index (χ0n) is 10.9. The summed E-state index contributed by atoms with van der Waals surface area (Å²) in [5.41, 5.74) is 0. The summed E-state index contributed by atoms with van der Waals surface area (Å²) in [6, 6.07) is 0. The van der Waals surface area contributed by atoms with E-state index < -0.39 is 36.6 Å². The van der Waals surface area contributed by atoms with Crippen LogP contribution >= 0.6 is 9.90 Å². The molecule has 0 aromatic carbocycles. The molecule has 0 heterocycles. The number of rotatable bonds is 0. The maximum Gasteiger partial charge on any atom is 2.00 e. The van der Waals surface area contributed by atoms with Gasteiger partial charge in [-0.25, -0.2) is 0 Å². The van der Waals surface area contributed by atoms with Crippen molar-refractivity contribution in [2.75, 3.05) is 0 Å². The van der Waals surface area contributed by atoms with Gasteiger partial charge in [0.25, 0.3) is 0 Å². The number of hydrogen-bond acceptors (Lipinski definition) is 15. The predicted molar refractivity (Wildman–Crippen MR) is 74.5 cm³/mol. The van der Waals surface area contributed by atoms with Gasteiger partial charge in [-0.15, -0.1) is 0 Å². The van der Waals surface area contributed by atoms with E-state index in [0.29, 0.717) is 0 Å². The first-order valence-electron chi connectivity index (χ1n) is 3.83. The van der Waals surface area contributed by atoms with Gasteiger partial charge in [-0.05, 0) is 0 Å². The van der Waals surface area contributed by atoms with Gasteiger partial charge in [0, 0.05) is 0 Å². The van der Waals surface area contributed by atoms with Gasteiger partial charge in [0.2, 0.25) is 0 Å². The summed E-state index contributed by atoms with van der Waals surface area (Å²) >= 11 is 0. The van der Waals surface area contributed by atoms with Crippen molar-refractivity contribution in [3.8, 4) is 0 Å². The van der Waals surface area contributed by atoms with E-state index in [2.05, 4.69) is 0 Å². The molecule has 0 bridgehead atoms. The predicted octanol–water partition coefficient (Wildman–Crippen LogP) is -11.8. The van der Waals surface area contributed by atoms with Crippen LogP contribution < -0.4 is 10.0 Å². The van der Waals surface area contributed by atoms with Crippen LogP contribution in [0.25, 0.3) is 0 Å². The SMILES string of the molecule is OB(O)O.OB(O)O.OB(O)O.OB(O)O.P.[Mg+2].[O-]B([O-])O. The maximum absolute atomic E-state index is 8.53. The van der Waals surface area contributed by atoms with E-state index >= 15 is 0 Å². The van der Waals surface area contributed by atoms with Crippen molar-refractivity contribution in [3.05, 3.63) is 0 Å². The first kappa shape index (κ1) is 43.5. The fourth-order valence-corrected chi connectivity index (χ4v) is 0. The second-order valence-electron chi connectivity index (χ2n) is 1.69. The molecule has 0 saturated carbocycles. The second-order valence-corrected chi connectivity index (χ2v) is 1.69. The third-order valence-electron chi connectivity index (χ3n) is 0. The van der Waals surface area contributed by atoms with Crippen LogP contribution in [0, 0.1) is 0 Å². The van der Waals surface area contributed by atoms with Crippen LogP contribution in [0.3, 0.4) is 0 Å². The van der Waals surface area contributed by atoms with Crippen molar-refractivity contribution in [2.24, 2.45) is 0 Å². The summed E-state index contributed by atoms with van der Waals surface area (Å²) in [5.74, 6) is 0. The van der Waals surface area contributed by atoms with Crippen molar-refractivity contribution in [3.63, 3.8) is 0 Å². The minimum Gasteiger partial charge on any atom is -0.871 e. The summed E-state index contributed by atoms with van der Waals surface area (Å²) in [7, 11) is -11.3. The smallest absolute Gasteiger partial charge is 0.871 e. The summed E-state index contributed by atoms with van der Waals surface area (Å²) < 4.78 is 0. The van der Waals surface area contributed by atoms with Crippen LogP contribution in [-0.4, -0.2) is 125 Å². The molecule has 0 aliphatic heterocycles. The van der Waals surface area contributed by atoms with Gasteiger partial charge in [0.05, 0.1) is 7.32 Å².